The van der Waals surface area contributed by atoms with Gasteiger partial charge >= 0.3 is 0 Å². The summed E-state index contributed by atoms with van der Waals surface area (Å²) >= 11 is 5.10. The summed E-state index contributed by atoms with van der Waals surface area (Å²) in [6, 6.07) is 8.03. The Morgan fingerprint density at radius 3 is 2.82 bits per heavy atom. The van der Waals surface area contributed by atoms with Gasteiger partial charge in [-0.25, -0.2) is 0 Å². The Kier molecular flexibility index (Phi) is 4.20. The van der Waals surface area contributed by atoms with Gasteiger partial charge in [0, 0.05) is 16.6 Å². The monoisotopic (exact) mass is 311 g/mol. The molecule has 0 radical (unpaired) electrons. The van der Waals surface area contributed by atoms with Crippen molar-refractivity contribution in [2.24, 2.45) is 5.73 Å². The number of nitrogens with two attached hydrogens (primary N) is 1. The van der Waals surface area contributed by atoms with E-state index < -0.39 is 0 Å². The summed E-state index contributed by atoms with van der Waals surface area (Å²) < 4.78 is 7.01. The fourth-order valence-corrected chi connectivity index (χ4v) is 2.79. The van der Waals surface area contributed by atoms with Gasteiger partial charge in [-0.05, 0) is 47.5 Å². The molecule has 2 rings (SSSR count). The SMILES string of the molecule is Cc1cc(Br)ccc1OC(CN)c1ccsc1. The van der Waals surface area contributed by atoms with E-state index in [4.69, 9.17) is 10.5 Å². The average Bonchev–Trinajstić information content (AvgIpc) is 2.81. The van der Waals surface area contributed by atoms with Crippen LogP contribution in [0.15, 0.2) is 39.5 Å². The molecule has 1 heterocycles. The van der Waals surface area contributed by atoms with Crippen LogP contribution in [0.5, 0.6) is 5.75 Å². The molecule has 0 saturated heterocycles. The molecule has 1 aromatic heterocycles. The number of hydrogen-bond donors (Lipinski definition) is 1. The first kappa shape index (κ1) is 12.6. The maximum Gasteiger partial charge on any atom is 0.137 e. The smallest absolute Gasteiger partial charge is 0.137 e. The van der Waals surface area contributed by atoms with Crippen molar-refractivity contribution in [2.45, 2.75) is 13.0 Å². The standard InChI is InChI=1S/C13H14BrNOS/c1-9-6-11(14)2-3-12(9)16-13(7-15)10-4-5-17-8-10/h2-6,8,13H,7,15H2,1H3. The number of hydrogen-bond acceptors (Lipinski definition) is 3. The van der Waals surface area contributed by atoms with Crippen LogP contribution >= 0.6 is 27.3 Å². The van der Waals surface area contributed by atoms with Crippen molar-refractivity contribution < 1.29 is 4.74 Å². The van der Waals surface area contributed by atoms with E-state index in [1.54, 1.807) is 11.3 Å². The lowest BCUT2D eigenvalue weighted by Gasteiger charge is -2.18. The van der Waals surface area contributed by atoms with Gasteiger partial charge in [0.2, 0.25) is 0 Å². The second kappa shape index (κ2) is 5.67. The third-order valence-electron chi connectivity index (χ3n) is 2.54. The molecule has 0 aliphatic heterocycles. The van der Waals surface area contributed by atoms with Gasteiger partial charge in [-0.1, -0.05) is 15.9 Å². The van der Waals surface area contributed by atoms with Crippen molar-refractivity contribution >= 4 is 27.3 Å². The summed E-state index contributed by atoms with van der Waals surface area (Å²) in [6.07, 6.45) is -0.0684. The fourth-order valence-electron chi connectivity index (χ4n) is 1.61. The van der Waals surface area contributed by atoms with Crippen molar-refractivity contribution in [3.8, 4) is 5.75 Å². The third-order valence-corrected chi connectivity index (χ3v) is 3.73. The van der Waals surface area contributed by atoms with Crippen molar-refractivity contribution in [1.29, 1.82) is 0 Å². The minimum Gasteiger partial charge on any atom is -0.484 e. The lowest BCUT2D eigenvalue weighted by molar-refractivity contribution is 0.213. The minimum absolute atomic E-state index is 0.0684. The van der Waals surface area contributed by atoms with E-state index >= 15 is 0 Å². The zero-order valence-electron chi connectivity index (χ0n) is 9.52. The predicted octanol–water partition coefficient (Wildman–Crippen LogP) is 3.90. The molecule has 1 aromatic carbocycles. The summed E-state index contributed by atoms with van der Waals surface area (Å²) in [5.74, 6) is 0.884. The highest BCUT2D eigenvalue weighted by molar-refractivity contribution is 9.10. The molecular formula is C13H14BrNOS. The second-order valence-corrected chi connectivity index (χ2v) is 5.50. The Balaban J connectivity index is 2.19. The van der Waals surface area contributed by atoms with Gasteiger partial charge in [0.05, 0.1) is 0 Å². The molecule has 2 aromatic rings. The van der Waals surface area contributed by atoms with E-state index in [1.165, 1.54) is 0 Å². The van der Waals surface area contributed by atoms with Crippen molar-refractivity contribution in [2.75, 3.05) is 6.54 Å². The summed E-state index contributed by atoms with van der Waals surface area (Å²) in [6.45, 7) is 2.51. The molecule has 2 N–H and O–H groups in total. The number of aryl methyl sites for hydroxylation is 1. The molecule has 0 amide bonds. The lowest BCUT2D eigenvalue weighted by atomic mass is 10.2. The van der Waals surface area contributed by atoms with E-state index in [1.807, 2.05) is 30.5 Å². The molecule has 0 bridgehead atoms. The van der Waals surface area contributed by atoms with Gasteiger partial charge in [-0.3, -0.25) is 0 Å². The Bertz CT molecular complexity index is 484. The summed E-state index contributed by atoms with van der Waals surface area (Å²) in [5, 5.41) is 4.11. The highest BCUT2D eigenvalue weighted by Gasteiger charge is 2.13. The molecule has 0 fully saturated rings. The van der Waals surface area contributed by atoms with Crippen LogP contribution in [0.4, 0.5) is 0 Å². The van der Waals surface area contributed by atoms with Gasteiger partial charge < -0.3 is 10.5 Å². The highest BCUT2D eigenvalue weighted by atomic mass is 79.9. The number of thiophene rings is 1. The number of ether oxygens (including phenoxy) is 1. The molecule has 2 nitrogen and oxygen atoms in total. The van der Waals surface area contributed by atoms with E-state index in [9.17, 15) is 0 Å². The first-order valence-electron chi connectivity index (χ1n) is 5.35. The van der Waals surface area contributed by atoms with Crippen molar-refractivity contribution in [1.82, 2.24) is 0 Å². The normalized spacial score (nSPS) is 12.4. The maximum absolute atomic E-state index is 5.95. The Hall–Kier alpha value is -0.840. The third kappa shape index (κ3) is 3.09. The largest absolute Gasteiger partial charge is 0.484 e. The van der Waals surface area contributed by atoms with Crippen molar-refractivity contribution in [3.05, 3.63) is 50.6 Å². The summed E-state index contributed by atoms with van der Waals surface area (Å²) in [5.41, 5.74) is 8.01. The first-order valence-corrected chi connectivity index (χ1v) is 7.09. The van der Waals surface area contributed by atoms with Crippen LogP contribution in [0, 0.1) is 6.92 Å². The van der Waals surface area contributed by atoms with Gasteiger partial charge in [0.25, 0.3) is 0 Å². The Labute approximate surface area is 114 Å². The van der Waals surface area contributed by atoms with E-state index in [2.05, 4.69) is 27.4 Å². The number of benzene rings is 1. The molecule has 0 spiro atoms. The quantitative estimate of drug-likeness (QED) is 0.929. The fraction of sp³-hybridized carbons (Fsp3) is 0.231. The van der Waals surface area contributed by atoms with E-state index in [0.29, 0.717) is 6.54 Å². The molecule has 17 heavy (non-hydrogen) atoms. The van der Waals surface area contributed by atoms with Gasteiger partial charge in [-0.15, -0.1) is 0 Å². The minimum atomic E-state index is -0.0684. The Morgan fingerprint density at radius 1 is 1.41 bits per heavy atom. The predicted molar refractivity (Wildman–Crippen MR) is 75.6 cm³/mol. The molecule has 0 aliphatic carbocycles. The Morgan fingerprint density at radius 2 is 2.24 bits per heavy atom. The first-order chi connectivity index (χ1) is 8.20. The lowest BCUT2D eigenvalue weighted by Crippen LogP contribution is -2.18. The van der Waals surface area contributed by atoms with Crippen LogP contribution in [0.1, 0.15) is 17.2 Å². The van der Waals surface area contributed by atoms with Crippen LogP contribution in [0.2, 0.25) is 0 Å². The molecule has 0 aliphatic rings. The zero-order chi connectivity index (χ0) is 12.3. The van der Waals surface area contributed by atoms with E-state index in [0.717, 1.165) is 21.3 Å². The second-order valence-electron chi connectivity index (χ2n) is 3.81. The molecule has 0 saturated carbocycles. The summed E-state index contributed by atoms with van der Waals surface area (Å²) in [7, 11) is 0. The molecule has 1 atom stereocenters. The van der Waals surface area contributed by atoms with E-state index in [-0.39, 0.29) is 6.10 Å². The summed E-state index contributed by atoms with van der Waals surface area (Å²) in [4.78, 5) is 0. The average molecular weight is 312 g/mol. The van der Waals surface area contributed by atoms with Crippen LogP contribution in [0.25, 0.3) is 0 Å². The van der Waals surface area contributed by atoms with Gasteiger partial charge in [0.1, 0.15) is 11.9 Å². The van der Waals surface area contributed by atoms with Crippen molar-refractivity contribution in [3.63, 3.8) is 0 Å². The topological polar surface area (TPSA) is 35.2 Å². The molecule has 4 heteroatoms. The van der Waals surface area contributed by atoms with Crippen LogP contribution in [-0.2, 0) is 0 Å². The number of rotatable bonds is 4. The van der Waals surface area contributed by atoms with Crippen LogP contribution < -0.4 is 10.5 Å². The zero-order valence-corrected chi connectivity index (χ0v) is 11.9. The molecular weight excluding hydrogens is 298 g/mol. The van der Waals surface area contributed by atoms with Gasteiger partial charge in [0.15, 0.2) is 0 Å². The van der Waals surface area contributed by atoms with Crippen LogP contribution in [0.3, 0.4) is 0 Å². The maximum atomic E-state index is 5.95. The molecule has 1 unspecified atom stereocenters. The van der Waals surface area contributed by atoms with Gasteiger partial charge in [-0.2, -0.15) is 11.3 Å². The highest BCUT2D eigenvalue weighted by Crippen LogP contribution is 2.27. The molecule has 90 valence electrons. The number of halogens is 1. The van der Waals surface area contributed by atoms with Crippen LogP contribution in [-0.4, -0.2) is 6.54 Å².